The van der Waals surface area contributed by atoms with Crippen molar-refractivity contribution in [2.45, 2.75) is 25.1 Å². The molecule has 0 saturated carbocycles. The minimum absolute atomic E-state index is 0.378. The zero-order valence-electron chi connectivity index (χ0n) is 15.1. The first kappa shape index (κ1) is 9.54. The molecule has 1 aliphatic heterocycles. The van der Waals surface area contributed by atoms with Gasteiger partial charge in [-0.3, -0.25) is 0 Å². The average Bonchev–Trinajstić information content (AvgIpc) is 3.25. The highest BCUT2D eigenvalue weighted by molar-refractivity contribution is 5.92. The van der Waals surface area contributed by atoms with Crippen molar-refractivity contribution >= 4 is 12.0 Å². The third-order valence-electron chi connectivity index (χ3n) is 2.79. The SMILES string of the molecule is [2H]C([2H])([2H])C([2H])([2H])/C(=C\c1ccc(C2(C(F)(F)F)N=N2)cc1O)C(=O)O. The van der Waals surface area contributed by atoms with Crippen molar-refractivity contribution < 1.29 is 35.0 Å². The van der Waals surface area contributed by atoms with Crippen LogP contribution in [0.25, 0.3) is 6.08 Å². The summed E-state index contributed by atoms with van der Waals surface area (Å²) in [6.45, 7) is -3.32. The molecule has 2 rings (SSSR count). The van der Waals surface area contributed by atoms with E-state index in [4.69, 9.17) is 12.0 Å². The number of hydrogen-bond donors (Lipinski definition) is 2. The van der Waals surface area contributed by atoms with Gasteiger partial charge in [0.25, 0.3) is 0 Å². The molecule has 5 nitrogen and oxygen atoms in total. The Morgan fingerprint density at radius 1 is 1.52 bits per heavy atom. The maximum Gasteiger partial charge on any atom is 0.442 e. The number of alkyl halides is 3. The Balaban J connectivity index is 2.49. The molecule has 0 spiro atoms. The number of aromatic hydroxyl groups is 1. The molecule has 0 aromatic heterocycles. The van der Waals surface area contributed by atoms with Crippen LogP contribution in [-0.4, -0.2) is 22.4 Å². The van der Waals surface area contributed by atoms with Crippen molar-refractivity contribution in [3.8, 4) is 5.75 Å². The van der Waals surface area contributed by atoms with Gasteiger partial charge < -0.3 is 10.2 Å². The van der Waals surface area contributed by atoms with Crippen molar-refractivity contribution in [2.75, 3.05) is 0 Å². The normalized spacial score (nSPS) is 21.7. The number of carboxylic acids is 1. The molecule has 0 saturated heterocycles. The summed E-state index contributed by atoms with van der Waals surface area (Å²) in [5.74, 6) is -2.71. The Labute approximate surface area is 124 Å². The summed E-state index contributed by atoms with van der Waals surface area (Å²) in [6.07, 6.45) is -7.55. The van der Waals surface area contributed by atoms with Crippen molar-refractivity contribution in [2.24, 2.45) is 10.2 Å². The first-order valence-electron chi connectivity index (χ1n) is 7.93. The quantitative estimate of drug-likeness (QED) is 0.836. The fourth-order valence-electron chi connectivity index (χ4n) is 1.63. The van der Waals surface area contributed by atoms with Gasteiger partial charge in [-0.05, 0) is 18.5 Å². The number of rotatable bonds is 4. The molecule has 1 aromatic carbocycles. The molecule has 0 fully saturated rings. The van der Waals surface area contributed by atoms with Crippen LogP contribution < -0.4 is 0 Å². The smallest absolute Gasteiger partial charge is 0.442 e. The van der Waals surface area contributed by atoms with E-state index < -0.39 is 47.9 Å². The van der Waals surface area contributed by atoms with E-state index in [0.717, 1.165) is 12.1 Å². The van der Waals surface area contributed by atoms with E-state index in [9.17, 15) is 23.1 Å². The third-order valence-corrected chi connectivity index (χ3v) is 2.79. The zero-order chi connectivity index (χ0) is 20.1. The Morgan fingerprint density at radius 2 is 2.19 bits per heavy atom. The highest BCUT2D eigenvalue weighted by atomic mass is 19.4. The molecule has 0 unspecified atom stereocenters. The van der Waals surface area contributed by atoms with Gasteiger partial charge in [0.1, 0.15) is 5.75 Å². The number of phenols is 1. The van der Waals surface area contributed by atoms with Crippen LogP contribution in [0.1, 0.15) is 31.2 Å². The van der Waals surface area contributed by atoms with Crippen molar-refractivity contribution in [1.29, 1.82) is 0 Å². The Morgan fingerprint density at radius 3 is 2.62 bits per heavy atom. The molecule has 8 heteroatoms. The lowest BCUT2D eigenvalue weighted by molar-refractivity contribution is -0.166. The van der Waals surface area contributed by atoms with Crippen LogP contribution >= 0.6 is 0 Å². The standard InChI is InChI=1S/C13H11F3N2O3/c1-2-7(11(20)21)5-8-3-4-9(6-10(8)19)12(17-18-12)13(14,15)16/h3-6,19H,2H2,1H3,(H,20,21)/b7-5+/i1D3,2D2. The van der Waals surface area contributed by atoms with Crippen molar-refractivity contribution in [3.63, 3.8) is 0 Å². The maximum atomic E-state index is 12.9. The number of phenolic OH excluding ortho intramolecular Hbond substituents is 1. The summed E-state index contributed by atoms with van der Waals surface area (Å²) in [6, 6.07) is 2.42. The molecule has 0 amide bonds. The van der Waals surface area contributed by atoms with E-state index in [1.807, 2.05) is 0 Å². The van der Waals surface area contributed by atoms with Crippen LogP contribution in [0.4, 0.5) is 13.2 Å². The number of benzene rings is 1. The van der Waals surface area contributed by atoms with Gasteiger partial charge in [-0.2, -0.15) is 13.2 Å². The number of aliphatic carboxylic acids is 1. The van der Waals surface area contributed by atoms with Crippen LogP contribution in [-0.2, 0) is 10.5 Å². The maximum absolute atomic E-state index is 12.9. The monoisotopic (exact) mass is 305 g/mol. The van der Waals surface area contributed by atoms with Gasteiger partial charge in [0.05, 0.1) is 0 Å². The summed E-state index contributed by atoms with van der Waals surface area (Å²) in [7, 11) is 0. The minimum atomic E-state index is -4.83. The van der Waals surface area contributed by atoms with E-state index in [-0.39, 0.29) is 5.56 Å². The summed E-state index contributed by atoms with van der Waals surface area (Å²) in [5.41, 5.74) is -4.88. The molecule has 1 aliphatic rings. The first-order valence-corrected chi connectivity index (χ1v) is 5.43. The van der Waals surface area contributed by atoms with Gasteiger partial charge in [0.2, 0.25) is 0 Å². The third kappa shape index (κ3) is 2.61. The largest absolute Gasteiger partial charge is 0.507 e. The van der Waals surface area contributed by atoms with Gasteiger partial charge in [-0.25, -0.2) is 4.79 Å². The fraction of sp³-hybridized carbons (Fsp3) is 0.308. The summed E-state index contributed by atoms with van der Waals surface area (Å²) in [5, 5.41) is 24.9. The molecule has 0 aliphatic carbocycles. The second-order valence-electron chi connectivity index (χ2n) is 4.13. The zero-order valence-corrected chi connectivity index (χ0v) is 10.1. The number of halogens is 3. The number of carbonyl (C=O) groups is 1. The van der Waals surface area contributed by atoms with E-state index in [2.05, 4.69) is 10.2 Å². The molecule has 1 aromatic rings. The first-order chi connectivity index (χ1) is 11.6. The van der Waals surface area contributed by atoms with Crippen molar-refractivity contribution in [3.05, 3.63) is 34.9 Å². The lowest BCUT2D eigenvalue weighted by Gasteiger charge is -2.15. The fourth-order valence-corrected chi connectivity index (χ4v) is 1.63. The van der Waals surface area contributed by atoms with Gasteiger partial charge in [0, 0.05) is 23.6 Å². The molecule has 21 heavy (non-hydrogen) atoms. The Kier molecular flexibility index (Phi) is 2.21. The highest BCUT2D eigenvalue weighted by Crippen LogP contribution is 2.52. The Hall–Kier alpha value is -2.38. The van der Waals surface area contributed by atoms with Crippen LogP contribution in [0, 0.1) is 0 Å². The van der Waals surface area contributed by atoms with Crippen LogP contribution in [0.2, 0.25) is 0 Å². The molecule has 2 N–H and O–H groups in total. The van der Waals surface area contributed by atoms with Gasteiger partial charge in [-0.1, -0.05) is 19.0 Å². The summed E-state index contributed by atoms with van der Waals surface area (Å²) < 4.78 is 75.2. The van der Waals surface area contributed by atoms with E-state index in [1.165, 1.54) is 0 Å². The van der Waals surface area contributed by atoms with Crippen LogP contribution in [0.3, 0.4) is 0 Å². The topological polar surface area (TPSA) is 82.2 Å². The lowest BCUT2D eigenvalue weighted by Crippen LogP contribution is -2.30. The van der Waals surface area contributed by atoms with Crippen LogP contribution in [0.15, 0.2) is 34.0 Å². The van der Waals surface area contributed by atoms with E-state index in [1.54, 1.807) is 0 Å². The second kappa shape index (κ2) is 4.87. The predicted molar refractivity (Wildman–Crippen MR) is 66.6 cm³/mol. The van der Waals surface area contributed by atoms with Crippen molar-refractivity contribution in [1.82, 2.24) is 0 Å². The average molecular weight is 305 g/mol. The molecule has 0 atom stereocenters. The van der Waals surface area contributed by atoms with Gasteiger partial charge in [0.15, 0.2) is 0 Å². The van der Waals surface area contributed by atoms with Crippen LogP contribution in [0.5, 0.6) is 5.75 Å². The second-order valence-corrected chi connectivity index (χ2v) is 4.13. The molecule has 112 valence electrons. The molecule has 1 heterocycles. The number of hydrogen-bond acceptors (Lipinski definition) is 4. The summed E-state index contributed by atoms with van der Waals surface area (Å²) in [4.78, 5) is 11.3. The Bertz CT molecular complexity index is 812. The molecular formula is C13H11F3N2O3. The predicted octanol–water partition coefficient (Wildman–Crippen LogP) is 3.45. The van der Waals surface area contributed by atoms with E-state index >= 15 is 0 Å². The molecule has 0 bridgehead atoms. The lowest BCUT2D eigenvalue weighted by atomic mass is 9.99. The highest BCUT2D eigenvalue weighted by Gasteiger charge is 2.65. The van der Waals surface area contributed by atoms with Gasteiger partial charge in [-0.15, -0.1) is 10.2 Å². The number of nitrogens with zero attached hydrogens (tertiary/aromatic N) is 2. The summed E-state index contributed by atoms with van der Waals surface area (Å²) >= 11 is 0. The number of carboxylic acid groups (broad SMARTS) is 1. The molecule has 0 radical (unpaired) electrons. The molecular weight excluding hydrogens is 289 g/mol. The van der Waals surface area contributed by atoms with E-state index in [0.29, 0.717) is 12.1 Å². The minimum Gasteiger partial charge on any atom is -0.507 e. The van der Waals surface area contributed by atoms with Gasteiger partial charge >= 0.3 is 17.8 Å².